The lowest BCUT2D eigenvalue weighted by atomic mass is 9.59. The van der Waals surface area contributed by atoms with Crippen molar-refractivity contribution in [1.29, 1.82) is 0 Å². The molecule has 168 valence electrons. The Labute approximate surface area is 178 Å². The van der Waals surface area contributed by atoms with Gasteiger partial charge in [0.05, 0.1) is 13.1 Å². The van der Waals surface area contributed by atoms with Crippen molar-refractivity contribution in [2.75, 3.05) is 26.3 Å². The predicted octanol–water partition coefficient (Wildman–Crippen LogP) is 1.90. The van der Waals surface area contributed by atoms with Crippen LogP contribution in [0.5, 0.6) is 0 Å². The molecule has 2 N–H and O–H groups in total. The van der Waals surface area contributed by atoms with Gasteiger partial charge in [-0.05, 0) is 30.1 Å². The topological polar surface area (TPSA) is 111 Å². The average Bonchev–Trinajstić information content (AvgIpc) is 2.65. The van der Waals surface area contributed by atoms with Gasteiger partial charge in [-0.1, -0.05) is 33.9 Å². The maximum absolute atomic E-state index is 12.6. The summed E-state index contributed by atoms with van der Waals surface area (Å²) in [5.74, 6) is -1.52. The highest BCUT2D eigenvalue weighted by Crippen LogP contribution is 2.50. The number of ether oxygens (including phenoxy) is 2. The Hall–Kier alpha value is -2.64. The van der Waals surface area contributed by atoms with Crippen molar-refractivity contribution in [1.82, 2.24) is 10.6 Å². The Balaban J connectivity index is 2.56. The fourth-order valence-corrected chi connectivity index (χ4v) is 4.33. The number of hydrogen-bond acceptors (Lipinski definition) is 6. The number of amides is 2. The minimum absolute atomic E-state index is 0.0836. The SMILES string of the molecule is C=CC(=O)OCCNC(=O)CC1(C)CC(C(=O)NCCOC(=O)C=C)CC(C)(C)C1. The van der Waals surface area contributed by atoms with Crippen LogP contribution in [0.4, 0.5) is 0 Å². The van der Waals surface area contributed by atoms with Gasteiger partial charge in [0.25, 0.3) is 0 Å². The van der Waals surface area contributed by atoms with Crippen LogP contribution < -0.4 is 10.6 Å². The molecule has 2 atom stereocenters. The number of rotatable bonds is 11. The molecule has 30 heavy (non-hydrogen) atoms. The van der Waals surface area contributed by atoms with Crippen LogP contribution in [-0.2, 0) is 28.7 Å². The van der Waals surface area contributed by atoms with Crippen LogP contribution >= 0.6 is 0 Å². The maximum Gasteiger partial charge on any atom is 0.330 e. The molecule has 0 aromatic carbocycles. The van der Waals surface area contributed by atoms with Crippen molar-refractivity contribution >= 4 is 23.8 Å². The molecule has 0 saturated heterocycles. The van der Waals surface area contributed by atoms with E-state index in [0.717, 1.165) is 25.0 Å². The summed E-state index contributed by atoms with van der Waals surface area (Å²) in [4.78, 5) is 47.1. The minimum Gasteiger partial charge on any atom is -0.461 e. The number of carbonyl (C=O) groups is 4. The van der Waals surface area contributed by atoms with Crippen molar-refractivity contribution in [3.8, 4) is 0 Å². The first-order valence-electron chi connectivity index (χ1n) is 10.1. The lowest BCUT2D eigenvalue weighted by Gasteiger charge is -2.46. The molecule has 8 nitrogen and oxygen atoms in total. The summed E-state index contributed by atoms with van der Waals surface area (Å²) in [7, 11) is 0. The van der Waals surface area contributed by atoms with Crippen LogP contribution in [0, 0.1) is 16.7 Å². The van der Waals surface area contributed by atoms with E-state index in [1.54, 1.807) is 0 Å². The highest BCUT2D eigenvalue weighted by atomic mass is 16.5. The van der Waals surface area contributed by atoms with Crippen LogP contribution in [0.25, 0.3) is 0 Å². The van der Waals surface area contributed by atoms with Crippen LogP contribution in [0.2, 0.25) is 0 Å². The monoisotopic (exact) mass is 422 g/mol. The Morgan fingerprint density at radius 2 is 1.47 bits per heavy atom. The number of hydrogen-bond donors (Lipinski definition) is 2. The van der Waals surface area contributed by atoms with E-state index < -0.39 is 11.9 Å². The van der Waals surface area contributed by atoms with E-state index in [1.807, 2.05) is 6.92 Å². The lowest BCUT2D eigenvalue weighted by molar-refractivity contribution is -0.139. The van der Waals surface area contributed by atoms with E-state index in [2.05, 4.69) is 37.6 Å². The largest absolute Gasteiger partial charge is 0.461 e. The third-order valence-corrected chi connectivity index (χ3v) is 5.05. The first-order valence-corrected chi connectivity index (χ1v) is 10.1. The van der Waals surface area contributed by atoms with Crippen molar-refractivity contribution in [3.05, 3.63) is 25.3 Å². The second-order valence-electron chi connectivity index (χ2n) is 8.82. The van der Waals surface area contributed by atoms with Crippen LogP contribution in [0.15, 0.2) is 25.3 Å². The van der Waals surface area contributed by atoms with Gasteiger partial charge in [-0.2, -0.15) is 0 Å². The fourth-order valence-electron chi connectivity index (χ4n) is 4.33. The molecular formula is C22H34N2O6. The van der Waals surface area contributed by atoms with Gasteiger partial charge >= 0.3 is 11.9 Å². The second kappa shape index (κ2) is 11.5. The second-order valence-corrected chi connectivity index (χ2v) is 8.82. The Bertz CT molecular complexity index is 673. The zero-order valence-electron chi connectivity index (χ0n) is 18.3. The van der Waals surface area contributed by atoms with Gasteiger partial charge < -0.3 is 20.1 Å². The molecule has 0 aromatic heterocycles. The van der Waals surface area contributed by atoms with Crippen LogP contribution in [0.1, 0.15) is 46.5 Å². The Morgan fingerprint density at radius 3 is 2.00 bits per heavy atom. The van der Waals surface area contributed by atoms with Gasteiger partial charge in [-0.15, -0.1) is 0 Å². The van der Waals surface area contributed by atoms with Crippen molar-refractivity contribution in [3.63, 3.8) is 0 Å². The molecule has 1 aliphatic carbocycles. The average molecular weight is 423 g/mol. The zero-order chi connectivity index (χ0) is 22.8. The number of nitrogens with one attached hydrogen (secondary N) is 2. The number of esters is 2. The van der Waals surface area contributed by atoms with Crippen molar-refractivity contribution < 1.29 is 28.7 Å². The van der Waals surface area contributed by atoms with E-state index in [4.69, 9.17) is 9.47 Å². The van der Waals surface area contributed by atoms with E-state index in [-0.39, 0.29) is 61.3 Å². The highest BCUT2D eigenvalue weighted by Gasteiger charge is 2.44. The molecular weight excluding hydrogens is 388 g/mol. The summed E-state index contributed by atoms with van der Waals surface area (Å²) < 4.78 is 9.72. The summed E-state index contributed by atoms with van der Waals surface area (Å²) in [5, 5.41) is 5.57. The minimum atomic E-state index is -0.529. The van der Waals surface area contributed by atoms with Gasteiger partial charge in [0, 0.05) is 24.5 Å². The quantitative estimate of drug-likeness (QED) is 0.299. The zero-order valence-corrected chi connectivity index (χ0v) is 18.3. The molecule has 2 unspecified atom stereocenters. The maximum atomic E-state index is 12.6. The Kier molecular flexibility index (Phi) is 9.75. The molecule has 0 bridgehead atoms. The highest BCUT2D eigenvalue weighted by molar-refractivity contribution is 5.82. The van der Waals surface area contributed by atoms with Crippen molar-refractivity contribution in [2.45, 2.75) is 46.5 Å². The van der Waals surface area contributed by atoms with Gasteiger partial charge in [-0.3, -0.25) is 9.59 Å². The summed E-state index contributed by atoms with van der Waals surface area (Å²) >= 11 is 0. The molecule has 0 aliphatic heterocycles. The van der Waals surface area contributed by atoms with Gasteiger partial charge in [0.15, 0.2) is 0 Å². The summed E-state index contributed by atoms with van der Waals surface area (Å²) in [5.41, 5.74) is -0.426. The van der Waals surface area contributed by atoms with E-state index in [9.17, 15) is 19.2 Å². The molecule has 1 rings (SSSR count). The molecule has 0 spiro atoms. The molecule has 1 fully saturated rings. The standard InChI is InChI=1S/C22H34N2O6/c1-6-18(26)29-10-8-23-17(25)14-22(5)13-16(12-21(3,4)15-22)20(28)24-9-11-30-19(27)7-2/h6-7,16H,1-2,8-15H2,3-5H3,(H,23,25)(H,24,28). The van der Waals surface area contributed by atoms with Gasteiger partial charge in [0.2, 0.25) is 11.8 Å². The summed E-state index contributed by atoms with van der Waals surface area (Å²) in [6.45, 7) is 13.5. The third kappa shape index (κ3) is 9.24. The summed E-state index contributed by atoms with van der Waals surface area (Å²) in [6.07, 6.45) is 4.56. The smallest absolute Gasteiger partial charge is 0.330 e. The fraction of sp³-hybridized carbons (Fsp3) is 0.636. The third-order valence-electron chi connectivity index (χ3n) is 5.05. The number of carbonyl (C=O) groups excluding carboxylic acids is 4. The van der Waals surface area contributed by atoms with E-state index in [0.29, 0.717) is 6.42 Å². The molecule has 0 heterocycles. The molecule has 0 radical (unpaired) electrons. The van der Waals surface area contributed by atoms with E-state index in [1.165, 1.54) is 0 Å². The van der Waals surface area contributed by atoms with E-state index >= 15 is 0 Å². The summed E-state index contributed by atoms with van der Waals surface area (Å²) in [6, 6.07) is 0. The normalized spacial score (nSPS) is 22.3. The van der Waals surface area contributed by atoms with Gasteiger partial charge in [0.1, 0.15) is 13.2 Å². The predicted molar refractivity (Wildman–Crippen MR) is 112 cm³/mol. The van der Waals surface area contributed by atoms with Crippen molar-refractivity contribution in [2.24, 2.45) is 16.7 Å². The van der Waals surface area contributed by atoms with Crippen LogP contribution in [-0.4, -0.2) is 50.1 Å². The molecule has 2 amide bonds. The first kappa shape index (κ1) is 25.4. The van der Waals surface area contributed by atoms with Gasteiger partial charge in [-0.25, -0.2) is 9.59 Å². The van der Waals surface area contributed by atoms with Crippen LogP contribution in [0.3, 0.4) is 0 Å². The molecule has 8 heteroatoms. The lowest BCUT2D eigenvalue weighted by Crippen LogP contribution is -2.45. The Morgan fingerprint density at radius 1 is 0.933 bits per heavy atom. The first-order chi connectivity index (χ1) is 14.0. The molecule has 1 saturated carbocycles. The molecule has 0 aromatic rings. The molecule has 1 aliphatic rings.